The van der Waals surface area contributed by atoms with Gasteiger partial charge in [-0.2, -0.15) is 0 Å². The molecule has 1 N–H and O–H groups in total. The summed E-state index contributed by atoms with van der Waals surface area (Å²) in [5.74, 6) is 0.151. The molecular formula is C38H49ClN4O7S. The van der Waals surface area contributed by atoms with Crippen LogP contribution in [0.5, 0.6) is 5.75 Å². The molecule has 2 aromatic rings. The number of nitrogens with zero attached hydrogens (tertiary/aromatic N) is 3. The van der Waals surface area contributed by atoms with Crippen molar-refractivity contribution >= 4 is 39.3 Å². The molecule has 11 nitrogen and oxygen atoms in total. The van der Waals surface area contributed by atoms with Gasteiger partial charge in [-0.05, 0) is 113 Å². The Hall–Kier alpha value is -3.32. The summed E-state index contributed by atoms with van der Waals surface area (Å²) in [5.41, 5.74) is 1.57. The highest BCUT2D eigenvalue weighted by atomic mass is 35.5. The maximum Gasteiger partial charge on any atom is 0.410 e. The van der Waals surface area contributed by atoms with Crippen molar-refractivity contribution in [1.82, 2.24) is 14.5 Å². The number of likely N-dealkylation sites (N-methyl/N-ethyl adjacent to an activating group) is 2. The minimum Gasteiger partial charge on any atom is -0.490 e. The van der Waals surface area contributed by atoms with Crippen LogP contribution in [-0.4, -0.2) is 101 Å². The van der Waals surface area contributed by atoms with Crippen molar-refractivity contribution in [3.8, 4) is 5.75 Å². The normalized spacial score (nSPS) is 30.8. The highest BCUT2D eigenvalue weighted by Gasteiger charge is 2.46. The lowest BCUT2D eigenvalue weighted by molar-refractivity contribution is -0.128. The van der Waals surface area contributed by atoms with E-state index in [1.54, 1.807) is 49.9 Å². The quantitative estimate of drug-likeness (QED) is 0.418. The van der Waals surface area contributed by atoms with E-state index in [1.807, 2.05) is 18.2 Å². The van der Waals surface area contributed by atoms with Crippen LogP contribution >= 0.6 is 11.6 Å². The number of nitrogens with one attached hydrogen (secondary N) is 1. The zero-order valence-electron chi connectivity index (χ0n) is 29.9. The van der Waals surface area contributed by atoms with Gasteiger partial charge < -0.3 is 24.0 Å². The smallest absolute Gasteiger partial charge is 0.410 e. The maximum absolute atomic E-state index is 13.8. The lowest BCUT2D eigenvalue weighted by Gasteiger charge is -2.46. The summed E-state index contributed by atoms with van der Waals surface area (Å²) in [7, 11) is -0.678. The van der Waals surface area contributed by atoms with E-state index in [-0.39, 0.29) is 34.3 Å². The van der Waals surface area contributed by atoms with Crippen LogP contribution in [0.1, 0.15) is 57.1 Å². The Labute approximate surface area is 306 Å². The number of carbonyl (C=O) groups excluding carboxylic acids is 2. The first-order valence-electron chi connectivity index (χ1n) is 18.0. The molecule has 51 heavy (non-hydrogen) atoms. The number of fused-ring (bicyclic) bond motifs is 4. The van der Waals surface area contributed by atoms with Gasteiger partial charge in [0.2, 0.25) is 0 Å². The lowest BCUT2D eigenvalue weighted by Crippen LogP contribution is -2.54. The molecule has 2 aromatic carbocycles. The standard InChI is InChI=1S/C38H49ClN4O7S/c1-37(2)35(44)40-51(46,47)29-11-14-34-32(20-29)43(23-38(24-49-34)16-5-7-25-19-27(39)10-13-31(25)38)21-26-9-12-30(26)33(8-6-17-41(37)3)50-36(45)42(4)28-15-18-48-22-28/h6,8,10-11,13-14,19-20,26,28,30,33H,5,7,9,12,15-18,21-24H2,1-4H3,(H,40,44)/b8-6-/t26-,28-,30+,33-,38-/m0/s1. The predicted octanol–water partition coefficient (Wildman–Crippen LogP) is 5.15. The fourth-order valence-electron chi connectivity index (χ4n) is 8.30. The van der Waals surface area contributed by atoms with Gasteiger partial charge in [0.1, 0.15) is 11.9 Å². The molecule has 0 aromatic heterocycles. The fourth-order valence-corrected chi connectivity index (χ4v) is 9.62. The zero-order valence-corrected chi connectivity index (χ0v) is 31.5. The molecule has 13 heteroatoms. The first kappa shape index (κ1) is 36.1. The molecule has 0 unspecified atom stereocenters. The summed E-state index contributed by atoms with van der Waals surface area (Å²) >= 11 is 6.45. The van der Waals surface area contributed by atoms with E-state index in [0.29, 0.717) is 55.9 Å². The van der Waals surface area contributed by atoms with Crippen LogP contribution in [0.3, 0.4) is 0 Å². The van der Waals surface area contributed by atoms with E-state index in [9.17, 15) is 18.0 Å². The van der Waals surface area contributed by atoms with Crippen LogP contribution in [-0.2, 0) is 36.1 Å². The maximum atomic E-state index is 13.8. The van der Waals surface area contributed by atoms with Gasteiger partial charge in [-0.15, -0.1) is 0 Å². The summed E-state index contributed by atoms with van der Waals surface area (Å²) in [6, 6.07) is 10.9. The van der Waals surface area contributed by atoms with Crippen molar-refractivity contribution in [3.05, 3.63) is 64.7 Å². The van der Waals surface area contributed by atoms with E-state index in [1.165, 1.54) is 17.2 Å². The van der Waals surface area contributed by atoms with Crippen molar-refractivity contribution in [2.24, 2.45) is 11.8 Å². The average molecular weight is 741 g/mol. The fraction of sp³-hybridized carbons (Fsp3) is 0.579. The molecular weight excluding hydrogens is 692 g/mol. The molecule has 2 aliphatic carbocycles. The summed E-state index contributed by atoms with van der Waals surface area (Å²) in [5, 5.41) is 0.706. The Morgan fingerprint density at radius 1 is 1.14 bits per heavy atom. The van der Waals surface area contributed by atoms with Gasteiger partial charge in [0, 0.05) is 49.6 Å². The summed E-state index contributed by atoms with van der Waals surface area (Å²) in [4.78, 5) is 32.8. The minimum absolute atomic E-state index is 0.00341. The van der Waals surface area contributed by atoms with Crippen LogP contribution in [0.25, 0.3) is 0 Å². The second-order valence-electron chi connectivity index (χ2n) is 15.5. The Morgan fingerprint density at radius 2 is 1.96 bits per heavy atom. The first-order valence-corrected chi connectivity index (χ1v) is 19.9. The van der Waals surface area contributed by atoms with Crippen LogP contribution in [0.2, 0.25) is 5.02 Å². The molecule has 0 radical (unpaired) electrons. The number of ether oxygens (including phenoxy) is 3. The lowest BCUT2D eigenvalue weighted by atomic mass is 9.68. The molecule has 7 rings (SSSR count). The van der Waals surface area contributed by atoms with E-state index >= 15 is 0 Å². The molecule has 276 valence electrons. The molecule has 3 aliphatic heterocycles. The highest BCUT2D eigenvalue weighted by Crippen LogP contribution is 2.47. The van der Waals surface area contributed by atoms with Gasteiger partial charge in [-0.3, -0.25) is 9.69 Å². The number of amides is 2. The van der Waals surface area contributed by atoms with Crippen LogP contribution in [0.15, 0.2) is 53.4 Å². The number of anilines is 1. The third kappa shape index (κ3) is 6.96. The Bertz CT molecular complexity index is 1810. The minimum atomic E-state index is -4.21. The zero-order chi connectivity index (χ0) is 36.1. The van der Waals surface area contributed by atoms with Crippen molar-refractivity contribution in [1.29, 1.82) is 0 Å². The number of hydrogen-bond acceptors (Lipinski definition) is 9. The second kappa shape index (κ2) is 13.9. The molecule has 2 amide bonds. The number of hydrogen-bond donors (Lipinski definition) is 1. The van der Waals surface area contributed by atoms with Gasteiger partial charge in [0.05, 0.1) is 35.4 Å². The average Bonchev–Trinajstić information content (AvgIpc) is 3.57. The van der Waals surface area contributed by atoms with Gasteiger partial charge >= 0.3 is 6.09 Å². The number of rotatable bonds is 2. The highest BCUT2D eigenvalue weighted by molar-refractivity contribution is 7.90. The molecule has 1 saturated heterocycles. The van der Waals surface area contributed by atoms with Gasteiger partial charge in [-0.25, -0.2) is 17.9 Å². The van der Waals surface area contributed by atoms with Gasteiger partial charge in [-0.1, -0.05) is 23.7 Å². The van der Waals surface area contributed by atoms with E-state index in [4.69, 9.17) is 25.8 Å². The Balaban J connectivity index is 1.28. The molecule has 5 aliphatic rings. The topological polar surface area (TPSA) is 118 Å². The number of aryl methyl sites for hydroxylation is 1. The van der Waals surface area contributed by atoms with Crippen molar-refractivity contribution in [2.45, 2.75) is 80.4 Å². The third-order valence-electron chi connectivity index (χ3n) is 12.1. The molecule has 2 bridgehead atoms. The van der Waals surface area contributed by atoms with E-state index in [0.717, 1.165) is 38.5 Å². The van der Waals surface area contributed by atoms with Crippen molar-refractivity contribution < 1.29 is 32.2 Å². The summed E-state index contributed by atoms with van der Waals surface area (Å²) in [6.07, 6.45) is 8.40. The molecule has 1 saturated carbocycles. The monoisotopic (exact) mass is 740 g/mol. The summed E-state index contributed by atoms with van der Waals surface area (Å²) < 4.78 is 48.4. The molecule has 2 fully saturated rings. The molecule has 1 spiro atoms. The van der Waals surface area contributed by atoms with Crippen molar-refractivity contribution in [3.63, 3.8) is 0 Å². The van der Waals surface area contributed by atoms with Crippen LogP contribution in [0.4, 0.5) is 10.5 Å². The Morgan fingerprint density at radius 3 is 2.71 bits per heavy atom. The van der Waals surface area contributed by atoms with E-state index < -0.39 is 27.6 Å². The van der Waals surface area contributed by atoms with Crippen LogP contribution < -0.4 is 14.4 Å². The third-order valence-corrected chi connectivity index (χ3v) is 13.7. The number of sulfonamides is 1. The number of benzene rings is 2. The molecule has 3 heterocycles. The first-order chi connectivity index (χ1) is 24.3. The number of halogens is 1. The number of carbonyl (C=O) groups is 2. The molecule has 5 atom stereocenters. The van der Waals surface area contributed by atoms with Crippen molar-refractivity contribution in [2.75, 3.05) is 58.5 Å². The SMILES string of the molecule is CN(C(=O)O[C@H]1/C=C\CN(C)C(C)(C)C(=O)NS(=O)(=O)c2ccc3c(c2)N(C[C@@H]2CC[C@H]21)C[C@@]1(CCCc2cc(Cl)ccc21)CO3)[C@H]1CCOC1. The van der Waals surface area contributed by atoms with E-state index in [2.05, 4.69) is 21.8 Å². The largest absolute Gasteiger partial charge is 0.490 e. The second-order valence-corrected chi connectivity index (χ2v) is 17.6. The van der Waals surface area contributed by atoms with Gasteiger partial charge in [0.15, 0.2) is 0 Å². The predicted molar refractivity (Wildman–Crippen MR) is 195 cm³/mol. The van der Waals surface area contributed by atoms with Crippen LogP contribution in [0, 0.1) is 11.8 Å². The Kier molecular flexibility index (Phi) is 9.83. The van der Waals surface area contributed by atoms with Gasteiger partial charge in [0.25, 0.3) is 15.9 Å². The summed E-state index contributed by atoms with van der Waals surface area (Å²) in [6.45, 7) is 6.48.